The first-order chi connectivity index (χ1) is 6.34. The normalized spacial score (nSPS) is 9.92. The van der Waals surface area contributed by atoms with E-state index < -0.39 is 0 Å². The molecule has 5 heteroatoms. The highest BCUT2D eigenvalue weighted by atomic mass is 15.2. The minimum atomic E-state index is 0.681. The second kappa shape index (κ2) is 3.22. The number of rotatable bonds is 2. The van der Waals surface area contributed by atoms with E-state index in [1.54, 1.807) is 12.3 Å². The van der Waals surface area contributed by atoms with Gasteiger partial charge in [0, 0.05) is 18.3 Å². The van der Waals surface area contributed by atoms with Crippen molar-refractivity contribution in [3.8, 4) is 0 Å². The molecular formula is C8H8N5. The van der Waals surface area contributed by atoms with Crippen LogP contribution in [0.25, 0.3) is 0 Å². The molecule has 0 amide bonds. The summed E-state index contributed by atoms with van der Waals surface area (Å²) in [6, 6.07) is 3.49. The van der Waals surface area contributed by atoms with Crippen LogP contribution >= 0.6 is 0 Å². The third-order valence-corrected chi connectivity index (χ3v) is 1.47. The van der Waals surface area contributed by atoms with Crippen LogP contribution in [0.2, 0.25) is 0 Å². The van der Waals surface area contributed by atoms with Crippen LogP contribution in [0.1, 0.15) is 5.82 Å². The highest BCUT2D eigenvalue weighted by Gasteiger charge is 1.97. The van der Waals surface area contributed by atoms with Crippen molar-refractivity contribution in [2.75, 3.05) is 5.32 Å². The number of nitrogens with zero attached hydrogens (tertiary/aromatic N) is 3. The average Bonchev–Trinajstić information content (AvgIpc) is 2.57. The lowest BCUT2D eigenvalue weighted by Crippen LogP contribution is -1.96. The first kappa shape index (κ1) is 7.72. The highest BCUT2D eigenvalue weighted by molar-refractivity contribution is 5.49. The van der Waals surface area contributed by atoms with Crippen LogP contribution in [-0.4, -0.2) is 20.2 Å². The van der Waals surface area contributed by atoms with Crippen LogP contribution in [-0.2, 0) is 0 Å². The molecule has 0 saturated carbocycles. The second-order valence-electron chi connectivity index (χ2n) is 2.51. The zero-order chi connectivity index (χ0) is 9.10. The van der Waals surface area contributed by atoms with Gasteiger partial charge in [-0.2, -0.15) is 5.10 Å². The van der Waals surface area contributed by atoms with E-state index in [1.165, 1.54) is 0 Å². The van der Waals surface area contributed by atoms with Gasteiger partial charge in [0.05, 0.1) is 6.20 Å². The summed E-state index contributed by atoms with van der Waals surface area (Å²) in [5, 5.41) is 9.63. The van der Waals surface area contributed by atoms with E-state index in [1.807, 2.05) is 13.0 Å². The molecule has 0 saturated heterocycles. The maximum atomic E-state index is 4.14. The SMILES string of the molecule is Cc1n[c]cc(Nc2cc[nH]n2)n1. The molecule has 0 aliphatic carbocycles. The van der Waals surface area contributed by atoms with E-state index in [0.29, 0.717) is 11.6 Å². The first-order valence-electron chi connectivity index (χ1n) is 3.83. The van der Waals surface area contributed by atoms with Gasteiger partial charge < -0.3 is 5.32 Å². The Hall–Kier alpha value is -1.91. The molecule has 0 aromatic carbocycles. The third kappa shape index (κ3) is 1.81. The zero-order valence-corrected chi connectivity index (χ0v) is 7.07. The van der Waals surface area contributed by atoms with Crippen LogP contribution in [0.3, 0.4) is 0 Å². The molecule has 2 aromatic rings. The Morgan fingerprint density at radius 3 is 3.08 bits per heavy atom. The van der Waals surface area contributed by atoms with Gasteiger partial charge in [-0.05, 0) is 6.92 Å². The molecule has 0 fully saturated rings. The number of aromatic amines is 1. The molecule has 0 aliphatic heterocycles. The number of nitrogens with one attached hydrogen (secondary N) is 2. The predicted octanol–water partition coefficient (Wildman–Crippen LogP) is 1.05. The standard InChI is InChI=1S/C8H8N5/c1-6-9-4-2-7(11-6)12-8-3-5-10-13-8/h2-3,5H,1H3,(H2,9,10,11,12,13). The lowest BCUT2D eigenvalue weighted by atomic mass is 10.5. The summed E-state index contributed by atoms with van der Waals surface area (Å²) in [7, 11) is 0. The molecule has 2 aromatic heterocycles. The molecule has 0 unspecified atom stereocenters. The number of hydrogen-bond donors (Lipinski definition) is 2. The van der Waals surface area contributed by atoms with E-state index in [2.05, 4.69) is 31.7 Å². The summed E-state index contributed by atoms with van der Waals surface area (Å²) in [4.78, 5) is 8.01. The molecule has 2 rings (SSSR count). The predicted molar refractivity (Wildman–Crippen MR) is 47.5 cm³/mol. The smallest absolute Gasteiger partial charge is 0.153 e. The minimum absolute atomic E-state index is 0.681. The maximum absolute atomic E-state index is 4.14. The largest absolute Gasteiger partial charge is 0.323 e. The number of hydrogen-bond acceptors (Lipinski definition) is 4. The number of aryl methyl sites for hydroxylation is 1. The molecule has 2 N–H and O–H groups in total. The fraction of sp³-hybridized carbons (Fsp3) is 0.125. The maximum Gasteiger partial charge on any atom is 0.153 e. The van der Waals surface area contributed by atoms with Crippen molar-refractivity contribution in [3.05, 3.63) is 30.4 Å². The van der Waals surface area contributed by atoms with Crippen molar-refractivity contribution in [2.45, 2.75) is 6.92 Å². The summed E-state index contributed by atoms with van der Waals surface area (Å²) in [6.07, 6.45) is 4.46. The number of anilines is 2. The second-order valence-corrected chi connectivity index (χ2v) is 2.51. The summed E-state index contributed by atoms with van der Waals surface area (Å²) < 4.78 is 0. The van der Waals surface area contributed by atoms with Gasteiger partial charge >= 0.3 is 0 Å². The summed E-state index contributed by atoms with van der Waals surface area (Å²) in [6.45, 7) is 1.81. The Bertz CT molecular complexity index is 381. The Balaban J connectivity index is 2.19. The van der Waals surface area contributed by atoms with Crippen molar-refractivity contribution in [1.82, 2.24) is 20.2 Å². The summed E-state index contributed by atoms with van der Waals surface area (Å²) >= 11 is 0. The number of H-pyrrole nitrogens is 1. The van der Waals surface area contributed by atoms with Crippen molar-refractivity contribution >= 4 is 11.6 Å². The molecular weight excluding hydrogens is 166 g/mol. The summed E-state index contributed by atoms with van der Waals surface area (Å²) in [5.74, 6) is 2.10. The molecule has 1 radical (unpaired) electrons. The van der Waals surface area contributed by atoms with Crippen molar-refractivity contribution < 1.29 is 0 Å². The van der Waals surface area contributed by atoms with E-state index >= 15 is 0 Å². The van der Waals surface area contributed by atoms with E-state index in [0.717, 1.165) is 5.82 Å². The topological polar surface area (TPSA) is 66.5 Å². The molecule has 5 nitrogen and oxygen atoms in total. The molecule has 0 bridgehead atoms. The minimum Gasteiger partial charge on any atom is -0.323 e. The zero-order valence-electron chi connectivity index (χ0n) is 7.07. The van der Waals surface area contributed by atoms with Crippen LogP contribution < -0.4 is 5.32 Å². The van der Waals surface area contributed by atoms with E-state index in [4.69, 9.17) is 0 Å². The van der Waals surface area contributed by atoms with Gasteiger partial charge in [0.2, 0.25) is 0 Å². The average molecular weight is 174 g/mol. The van der Waals surface area contributed by atoms with Crippen molar-refractivity contribution in [2.24, 2.45) is 0 Å². The molecule has 65 valence electrons. The molecule has 2 heterocycles. The van der Waals surface area contributed by atoms with Gasteiger partial charge in [0.1, 0.15) is 11.6 Å². The fourth-order valence-electron chi connectivity index (χ4n) is 0.944. The molecule has 13 heavy (non-hydrogen) atoms. The fourth-order valence-corrected chi connectivity index (χ4v) is 0.944. The molecule has 0 aliphatic rings. The third-order valence-electron chi connectivity index (χ3n) is 1.47. The monoisotopic (exact) mass is 174 g/mol. The van der Waals surface area contributed by atoms with Crippen molar-refractivity contribution in [3.63, 3.8) is 0 Å². The van der Waals surface area contributed by atoms with E-state index in [9.17, 15) is 0 Å². The van der Waals surface area contributed by atoms with Gasteiger partial charge in [0.25, 0.3) is 0 Å². The lowest BCUT2D eigenvalue weighted by molar-refractivity contribution is 1.04. The van der Waals surface area contributed by atoms with Gasteiger partial charge in [-0.15, -0.1) is 0 Å². The first-order valence-corrected chi connectivity index (χ1v) is 3.83. The van der Waals surface area contributed by atoms with Crippen LogP contribution in [0.15, 0.2) is 18.3 Å². The highest BCUT2D eigenvalue weighted by Crippen LogP contribution is 2.08. The van der Waals surface area contributed by atoms with Crippen LogP contribution in [0, 0.1) is 13.1 Å². The van der Waals surface area contributed by atoms with Gasteiger partial charge in [-0.3, -0.25) is 5.10 Å². The Labute approximate surface area is 75.2 Å². The van der Waals surface area contributed by atoms with Crippen molar-refractivity contribution in [1.29, 1.82) is 0 Å². The van der Waals surface area contributed by atoms with E-state index in [-0.39, 0.29) is 0 Å². The summed E-state index contributed by atoms with van der Waals surface area (Å²) in [5.41, 5.74) is 0. The number of aromatic nitrogens is 4. The van der Waals surface area contributed by atoms with Crippen LogP contribution in [0.4, 0.5) is 11.6 Å². The Morgan fingerprint density at radius 1 is 1.46 bits per heavy atom. The van der Waals surface area contributed by atoms with Gasteiger partial charge in [-0.25, -0.2) is 9.97 Å². The Morgan fingerprint density at radius 2 is 2.38 bits per heavy atom. The lowest BCUT2D eigenvalue weighted by Gasteiger charge is -2.00. The molecule has 0 spiro atoms. The molecule has 0 atom stereocenters. The van der Waals surface area contributed by atoms with Gasteiger partial charge in [0.15, 0.2) is 5.82 Å². The van der Waals surface area contributed by atoms with Gasteiger partial charge in [-0.1, -0.05) is 0 Å². The quantitative estimate of drug-likeness (QED) is 0.714. The Kier molecular flexibility index (Phi) is 1.91. The van der Waals surface area contributed by atoms with Crippen LogP contribution in [0.5, 0.6) is 0 Å².